The molecule has 3 nitrogen and oxygen atoms in total. The van der Waals surface area contributed by atoms with Gasteiger partial charge in [0.2, 0.25) is 0 Å². The van der Waals surface area contributed by atoms with Crippen LogP contribution in [0.5, 0.6) is 0 Å². The molecule has 92 valence electrons. The standard InChI is InChI=1S/C14H13BrN2O/c1-8-5-12(14(16)17-7-8)13(18)11-6-10(15)4-3-9(11)2/h3-7H,1-2H3,(H2,16,17). The van der Waals surface area contributed by atoms with Crippen molar-refractivity contribution < 1.29 is 4.79 Å². The topological polar surface area (TPSA) is 56.0 Å². The lowest BCUT2D eigenvalue weighted by molar-refractivity contribution is 0.103. The molecule has 0 aliphatic rings. The molecule has 1 heterocycles. The van der Waals surface area contributed by atoms with Crippen LogP contribution in [-0.2, 0) is 0 Å². The summed E-state index contributed by atoms with van der Waals surface area (Å²) >= 11 is 3.37. The Morgan fingerprint density at radius 1 is 1.22 bits per heavy atom. The second-order valence-corrected chi connectivity index (χ2v) is 5.15. The molecular weight excluding hydrogens is 292 g/mol. The van der Waals surface area contributed by atoms with Gasteiger partial charge in [0.05, 0.1) is 5.56 Å². The maximum atomic E-state index is 12.5. The molecule has 0 aliphatic heterocycles. The maximum Gasteiger partial charge on any atom is 0.197 e. The number of anilines is 1. The summed E-state index contributed by atoms with van der Waals surface area (Å²) in [4.78, 5) is 16.5. The van der Waals surface area contributed by atoms with E-state index in [-0.39, 0.29) is 11.6 Å². The molecule has 0 bridgehead atoms. The number of hydrogen-bond donors (Lipinski definition) is 1. The number of ketones is 1. The highest BCUT2D eigenvalue weighted by atomic mass is 79.9. The van der Waals surface area contributed by atoms with Crippen molar-refractivity contribution in [2.24, 2.45) is 0 Å². The molecule has 0 atom stereocenters. The van der Waals surface area contributed by atoms with Gasteiger partial charge >= 0.3 is 0 Å². The molecule has 0 amide bonds. The van der Waals surface area contributed by atoms with Crippen molar-refractivity contribution in [3.05, 3.63) is 57.2 Å². The summed E-state index contributed by atoms with van der Waals surface area (Å²) in [5.74, 6) is 0.174. The van der Waals surface area contributed by atoms with Gasteiger partial charge in [-0.3, -0.25) is 4.79 Å². The Kier molecular flexibility index (Phi) is 3.48. The van der Waals surface area contributed by atoms with E-state index in [0.29, 0.717) is 11.1 Å². The molecule has 2 aromatic rings. The smallest absolute Gasteiger partial charge is 0.197 e. The zero-order valence-corrected chi connectivity index (χ0v) is 11.8. The fraction of sp³-hybridized carbons (Fsp3) is 0.143. The third kappa shape index (κ3) is 2.43. The number of rotatable bonds is 2. The number of nitrogens with two attached hydrogens (primary N) is 1. The Labute approximate surface area is 114 Å². The first kappa shape index (κ1) is 12.8. The Morgan fingerprint density at radius 3 is 2.67 bits per heavy atom. The molecule has 18 heavy (non-hydrogen) atoms. The Hall–Kier alpha value is -1.68. The number of aryl methyl sites for hydroxylation is 2. The molecule has 4 heteroatoms. The van der Waals surface area contributed by atoms with Crippen molar-refractivity contribution >= 4 is 27.5 Å². The van der Waals surface area contributed by atoms with Crippen LogP contribution in [0.3, 0.4) is 0 Å². The number of hydrogen-bond acceptors (Lipinski definition) is 3. The number of aromatic nitrogens is 1. The van der Waals surface area contributed by atoms with Crippen LogP contribution in [0.1, 0.15) is 27.0 Å². The molecule has 2 rings (SSSR count). The fourth-order valence-electron chi connectivity index (χ4n) is 1.75. The van der Waals surface area contributed by atoms with Gasteiger partial charge in [-0.15, -0.1) is 0 Å². The van der Waals surface area contributed by atoms with Crippen molar-refractivity contribution in [2.75, 3.05) is 5.73 Å². The van der Waals surface area contributed by atoms with Gasteiger partial charge in [0, 0.05) is 16.2 Å². The quantitative estimate of drug-likeness (QED) is 0.866. The van der Waals surface area contributed by atoms with Gasteiger partial charge in [-0.1, -0.05) is 22.0 Å². The normalized spacial score (nSPS) is 10.4. The molecule has 0 aliphatic carbocycles. The SMILES string of the molecule is Cc1cnc(N)c(C(=O)c2cc(Br)ccc2C)c1. The number of nitrogen functional groups attached to an aromatic ring is 1. The highest BCUT2D eigenvalue weighted by Crippen LogP contribution is 2.21. The first-order valence-corrected chi connectivity index (χ1v) is 6.31. The fourth-order valence-corrected chi connectivity index (χ4v) is 2.11. The van der Waals surface area contributed by atoms with E-state index in [0.717, 1.165) is 15.6 Å². The van der Waals surface area contributed by atoms with Gasteiger partial charge in [0.15, 0.2) is 5.78 Å². The Balaban J connectivity index is 2.54. The molecule has 0 spiro atoms. The zero-order valence-electron chi connectivity index (χ0n) is 10.2. The number of benzene rings is 1. The van der Waals surface area contributed by atoms with Crippen LogP contribution in [0.25, 0.3) is 0 Å². The molecule has 0 saturated heterocycles. The predicted octanol–water partition coefficient (Wildman–Crippen LogP) is 3.27. The number of carbonyl (C=O) groups excluding carboxylic acids is 1. The van der Waals surface area contributed by atoms with E-state index in [1.165, 1.54) is 0 Å². The zero-order chi connectivity index (χ0) is 13.3. The van der Waals surface area contributed by atoms with Crippen molar-refractivity contribution in [1.82, 2.24) is 4.98 Å². The summed E-state index contributed by atoms with van der Waals surface area (Å²) in [5.41, 5.74) is 8.71. The molecular formula is C14H13BrN2O. The molecule has 2 N–H and O–H groups in total. The van der Waals surface area contributed by atoms with Crippen molar-refractivity contribution in [3.63, 3.8) is 0 Å². The Morgan fingerprint density at radius 2 is 1.94 bits per heavy atom. The van der Waals surface area contributed by atoms with Gasteiger partial charge in [-0.05, 0) is 43.2 Å². The monoisotopic (exact) mass is 304 g/mol. The van der Waals surface area contributed by atoms with Gasteiger partial charge < -0.3 is 5.73 Å². The molecule has 1 aromatic carbocycles. The van der Waals surface area contributed by atoms with E-state index in [4.69, 9.17) is 5.73 Å². The first-order valence-electron chi connectivity index (χ1n) is 5.52. The number of pyridine rings is 1. The second-order valence-electron chi connectivity index (χ2n) is 4.23. The van der Waals surface area contributed by atoms with Crippen LogP contribution < -0.4 is 5.73 Å². The average Bonchev–Trinajstić information content (AvgIpc) is 2.34. The lowest BCUT2D eigenvalue weighted by Crippen LogP contribution is -2.09. The van der Waals surface area contributed by atoms with Gasteiger partial charge in [0.25, 0.3) is 0 Å². The van der Waals surface area contributed by atoms with E-state index >= 15 is 0 Å². The maximum absolute atomic E-state index is 12.5. The first-order chi connectivity index (χ1) is 8.49. The average molecular weight is 305 g/mol. The van der Waals surface area contributed by atoms with E-state index in [9.17, 15) is 4.79 Å². The van der Waals surface area contributed by atoms with E-state index in [2.05, 4.69) is 20.9 Å². The van der Waals surface area contributed by atoms with Crippen LogP contribution >= 0.6 is 15.9 Å². The van der Waals surface area contributed by atoms with Gasteiger partial charge in [0.1, 0.15) is 5.82 Å². The number of carbonyl (C=O) groups is 1. The minimum atomic E-state index is -0.0949. The van der Waals surface area contributed by atoms with Crippen molar-refractivity contribution in [1.29, 1.82) is 0 Å². The molecule has 1 aromatic heterocycles. The third-order valence-electron chi connectivity index (χ3n) is 2.74. The van der Waals surface area contributed by atoms with E-state index < -0.39 is 0 Å². The van der Waals surface area contributed by atoms with Crippen LogP contribution in [0, 0.1) is 13.8 Å². The van der Waals surface area contributed by atoms with Crippen molar-refractivity contribution in [2.45, 2.75) is 13.8 Å². The van der Waals surface area contributed by atoms with Gasteiger partial charge in [-0.25, -0.2) is 4.98 Å². The predicted molar refractivity (Wildman–Crippen MR) is 75.7 cm³/mol. The summed E-state index contributed by atoms with van der Waals surface area (Å²) in [6.07, 6.45) is 1.65. The second kappa shape index (κ2) is 4.90. The van der Waals surface area contributed by atoms with Crippen LogP contribution in [0.15, 0.2) is 34.9 Å². The van der Waals surface area contributed by atoms with Gasteiger partial charge in [-0.2, -0.15) is 0 Å². The van der Waals surface area contributed by atoms with Crippen molar-refractivity contribution in [3.8, 4) is 0 Å². The molecule has 0 radical (unpaired) electrons. The summed E-state index contributed by atoms with van der Waals surface area (Å²) in [6.45, 7) is 3.79. The number of nitrogens with zero attached hydrogens (tertiary/aromatic N) is 1. The summed E-state index contributed by atoms with van der Waals surface area (Å²) in [5, 5.41) is 0. The summed E-state index contributed by atoms with van der Waals surface area (Å²) in [7, 11) is 0. The van der Waals surface area contributed by atoms with Crippen LogP contribution in [0.4, 0.5) is 5.82 Å². The molecule has 0 fully saturated rings. The minimum Gasteiger partial charge on any atom is -0.383 e. The summed E-state index contributed by atoms with van der Waals surface area (Å²) < 4.78 is 0.871. The highest BCUT2D eigenvalue weighted by Gasteiger charge is 2.15. The van der Waals surface area contributed by atoms with E-state index in [1.807, 2.05) is 26.0 Å². The lowest BCUT2D eigenvalue weighted by atomic mass is 9.99. The Bertz CT molecular complexity index is 570. The number of halogens is 1. The van der Waals surface area contributed by atoms with Crippen LogP contribution in [-0.4, -0.2) is 10.8 Å². The van der Waals surface area contributed by atoms with Crippen LogP contribution in [0.2, 0.25) is 0 Å². The highest BCUT2D eigenvalue weighted by molar-refractivity contribution is 9.10. The molecule has 0 unspecified atom stereocenters. The minimum absolute atomic E-state index is 0.0949. The lowest BCUT2D eigenvalue weighted by Gasteiger charge is -2.08. The third-order valence-corrected chi connectivity index (χ3v) is 3.24. The van der Waals surface area contributed by atoms with E-state index in [1.54, 1.807) is 18.3 Å². The molecule has 0 saturated carbocycles. The summed E-state index contributed by atoms with van der Waals surface area (Å²) in [6, 6.07) is 7.38. The largest absolute Gasteiger partial charge is 0.383 e.